The highest BCUT2D eigenvalue weighted by Crippen LogP contribution is 2.29. The molecule has 0 bridgehead atoms. The maximum Gasteiger partial charge on any atom is 0.433 e. The molecule has 0 saturated heterocycles. The summed E-state index contributed by atoms with van der Waals surface area (Å²) in [6.45, 7) is 3.16. The van der Waals surface area contributed by atoms with Crippen LogP contribution in [-0.4, -0.2) is 36.8 Å². The van der Waals surface area contributed by atoms with E-state index in [2.05, 4.69) is 20.6 Å². The van der Waals surface area contributed by atoms with Gasteiger partial charge in [-0.05, 0) is 6.42 Å². The molecule has 1 heterocycles. The highest BCUT2D eigenvalue weighted by Gasteiger charge is 2.33. The predicted octanol–water partition coefficient (Wildman–Crippen LogP) is 2.38. The number of alkyl halides is 3. The zero-order valence-corrected chi connectivity index (χ0v) is 10.8. The number of nitrogens with one attached hydrogen (secondary N) is 2. The van der Waals surface area contributed by atoms with Crippen molar-refractivity contribution in [2.24, 2.45) is 0 Å². The van der Waals surface area contributed by atoms with Gasteiger partial charge in [0.2, 0.25) is 5.95 Å². The molecule has 8 heteroatoms. The Hall–Kier alpha value is -1.57. The van der Waals surface area contributed by atoms with Crippen molar-refractivity contribution >= 4 is 11.8 Å². The number of nitrogens with zero attached hydrogens (tertiary/aromatic N) is 2. The van der Waals surface area contributed by atoms with E-state index in [1.165, 1.54) is 7.11 Å². The van der Waals surface area contributed by atoms with Crippen LogP contribution in [0.1, 0.15) is 19.0 Å². The molecule has 2 N–H and O–H groups in total. The van der Waals surface area contributed by atoms with Crippen molar-refractivity contribution in [3.05, 3.63) is 11.8 Å². The maximum atomic E-state index is 12.7. The molecule has 0 fully saturated rings. The third-order valence-electron chi connectivity index (χ3n) is 2.16. The summed E-state index contributed by atoms with van der Waals surface area (Å²) in [6, 6.07) is 0.882. The molecule has 0 aromatic carbocycles. The summed E-state index contributed by atoms with van der Waals surface area (Å²) in [5, 5.41) is 5.50. The Morgan fingerprint density at radius 2 is 1.95 bits per heavy atom. The number of methoxy groups -OCH3 is 1. The minimum absolute atomic E-state index is 0.0309. The molecule has 5 nitrogen and oxygen atoms in total. The lowest BCUT2D eigenvalue weighted by atomic mass is 10.3. The molecule has 0 saturated carbocycles. The van der Waals surface area contributed by atoms with E-state index in [0.29, 0.717) is 19.7 Å². The zero-order chi connectivity index (χ0) is 14.3. The van der Waals surface area contributed by atoms with Crippen LogP contribution in [-0.2, 0) is 10.9 Å². The molecular weight excluding hydrogens is 261 g/mol. The minimum atomic E-state index is -4.50. The Morgan fingerprint density at radius 3 is 2.53 bits per heavy atom. The van der Waals surface area contributed by atoms with Crippen LogP contribution in [0.25, 0.3) is 0 Å². The number of rotatable bonds is 7. The molecule has 1 aromatic rings. The van der Waals surface area contributed by atoms with Crippen LogP contribution in [0.3, 0.4) is 0 Å². The molecule has 0 atom stereocenters. The van der Waals surface area contributed by atoms with Gasteiger partial charge in [-0.25, -0.2) is 4.98 Å². The first-order valence-electron chi connectivity index (χ1n) is 5.90. The monoisotopic (exact) mass is 278 g/mol. The van der Waals surface area contributed by atoms with E-state index in [1.54, 1.807) is 0 Å². The second kappa shape index (κ2) is 7.13. The van der Waals surface area contributed by atoms with Crippen molar-refractivity contribution in [3.8, 4) is 0 Å². The minimum Gasteiger partial charge on any atom is -0.383 e. The number of hydrogen-bond acceptors (Lipinski definition) is 5. The quantitative estimate of drug-likeness (QED) is 0.750. The van der Waals surface area contributed by atoms with E-state index in [0.717, 1.165) is 12.5 Å². The maximum absolute atomic E-state index is 12.7. The fraction of sp³-hybridized carbons (Fsp3) is 0.636. The van der Waals surface area contributed by atoms with Gasteiger partial charge in [-0.2, -0.15) is 18.2 Å². The van der Waals surface area contributed by atoms with Gasteiger partial charge in [-0.3, -0.25) is 0 Å². The van der Waals surface area contributed by atoms with E-state index in [1.807, 2.05) is 6.92 Å². The van der Waals surface area contributed by atoms with E-state index < -0.39 is 11.9 Å². The standard InChI is InChI=1S/C11H17F3N4O/c1-3-4-16-10-17-8(11(12,13)14)7-9(18-10)15-5-6-19-2/h7H,3-6H2,1-2H3,(H2,15,16,17,18). The molecular formula is C11H17F3N4O. The van der Waals surface area contributed by atoms with Crippen molar-refractivity contribution in [2.45, 2.75) is 19.5 Å². The molecule has 1 aromatic heterocycles. The number of hydrogen-bond donors (Lipinski definition) is 2. The molecule has 19 heavy (non-hydrogen) atoms. The summed E-state index contributed by atoms with van der Waals surface area (Å²) >= 11 is 0. The molecule has 0 unspecified atom stereocenters. The molecule has 108 valence electrons. The molecule has 0 aliphatic rings. The molecule has 0 aliphatic heterocycles. The zero-order valence-electron chi connectivity index (χ0n) is 10.8. The Kier molecular flexibility index (Phi) is 5.81. The van der Waals surface area contributed by atoms with E-state index in [-0.39, 0.29) is 11.8 Å². The average molecular weight is 278 g/mol. The Labute approximate surface area is 109 Å². The van der Waals surface area contributed by atoms with Crippen molar-refractivity contribution in [1.29, 1.82) is 0 Å². The number of anilines is 2. The van der Waals surface area contributed by atoms with Crippen molar-refractivity contribution in [3.63, 3.8) is 0 Å². The highest BCUT2D eigenvalue weighted by molar-refractivity contribution is 5.43. The summed E-state index contributed by atoms with van der Waals surface area (Å²) in [4.78, 5) is 7.42. The van der Waals surface area contributed by atoms with Gasteiger partial charge < -0.3 is 15.4 Å². The van der Waals surface area contributed by atoms with Gasteiger partial charge in [0.15, 0.2) is 5.69 Å². The first-order chi connectivity index (χ1) is 8.97. The first kappa shape index (κ1) is 15.5. The largest absolute Gasteiger partial charge is 0.433 e. The summed E-state index contributed by atoms with van der Waals surface area (Å²) in [7, 11) is 1.51. The van der Waals surface area contributed by atoms with Gasteiger partial charge >= 0.3 is 6.18 Å². The number of ether oxygens (including phenoxy) is 1. The Bertz CT molecular complexity index is 398. The van der Waals surface area contributed by atoms with Crippen LogP contribution in [0.2, 0.25) is 0 Å². The Balaban J connectivity index is 2.89. The number of halogens is 3. The lowest BCUT2D eigenvalue weighted by Crippen LogP contribution is -2.16. The van der Waals surface area contributed by atoms with Gasteiger partial charge in [0, 0.05) is 26.3 Å². The second-order valence-corrected chi connectivity index (χ2v) is 3.81. The smallest absolute Gasteiger partial charge is 0.383 e. The van der Waals surface area contributed by atoms with Crippen LogP contribution in [0.4, 0.5) is 24.9 Å². The van der Waals surface area contributed by atoms with Crippen molar-refractivity contribution in [1.82, 2.24) is 9.97 Å². The van der Waals surface area contributed by atoms with E-state index in [4.69, 9.17) is 4.74 Å². The van der Waals surface area contributed by atoms with Gasteiger partial charge in [0.05, 0.1) is 6.61 Å². The second-order valence-electron chi connectivity index (χ2n) is 3.81. The van der Waals surface area contributed by atoms with Gasteiger partial charge in [-0.15, -0.1) is 0 Å². The van der Waals surface area contributed by atoms with E-state index >= 15 is 0 Å². The van der Waals surface area contributed by atoms with Crippen LogP contribution in [0.5, 0.6) is 0 Å². The summed E-state index contributed by atoms with van der Waals surface area (Å²) in [5.74, 6) is 0.0922. The lowest BCUT2D eigenvalue weighted by Gasteiger charge is -2.12. The third kappa shape index (κ3) is 5.29. The topological polar surface area (TPSA) is 59.1 Å². The summed E-state index contributed by atoms with van der Waals surface area (Å²) < 4.78 is 42.9. The predicted molar refractivity (Wildman–Crippen MR) is 66.2 cm³/mol. The molecule has 0 spiro atoms. The fourth-order valence-electron chi connectivity index (χ4n) is 1.28. The van der Waals surface area contributed by atoms with E-state index in [9.17, 15) is 13.2 Å². The summed E-state index contributed by atoms with van der Waals surface area (Å²) in [6.07, 6.45) is -3.73. The van der Waals surface area contributed by atoms with Crippen LogP contribution in [0.15, 0.2) is 6.07 Å². The molecule has 0 aliphatic carbocycles. The fourth-order valence-corrected chi connectivity index (χ4v) is 1.28. The first-order valence-corrected chi connectivity index (χ1v) is 5.90. The van der Waals surface area contributed by atoms with Crippen LogP contribution in [0, 0.1) is 0 Å². The number of aromatic nitrogens is 2. The molecule has 0 amide bonds. The van der Waals surface area contributed by atoms with Gasteiger partial charge in [-0.1, -0.05) is 6.92 Å². The highest BCUT2D eigenvalue weighted by atomic mass is 19.4. The average Bonchev–Trinajstić information content (AvgIpc) is 2.35. The van der Waals surface area contributed by atoms with Gasteiger partial charge in [0.1, 0.15) is 5.82 Å². The third-order valence-corrected chi connectivity index (χ3v) is 2.16. The SMILES string of the molecule is CCCNc1nc(NCCOC)cc(C(F)(F)F)n1. The Morgan fingerprint density at radius 1 is 1.21 bits per heavy atom. The lowest BCUT2D eigenvalue weighted by molar-refractivity contribution is -0.141. The summed E-state index contributed by atoms with van der Waals surface area (Å²) in [5.41, 5.74) is -0.971. The van der Waals surface area contributed by atoms with Crippen molar-refractivity contribution in [2.75, 3.05) is 37.4 Å². The molecule has 1 rings (SSSR count). The van der Waals surface area contributed by atoms with Crippen LogP contribution < -0.4 is 10.6 Å². The van der Waals surface area contributed by atoms with Gasteiger partial charge in [0.25, 0.3) is 0 Å². The molecule has 0 radical (unpaired) electrons. The van der Waals surface area contributed by atoms with Crippen LogP contribution >= 0.6 is 0 Å². The normalized spacial score (nSPS) is 11.4. The van der Waals surface area contributed by atoms with Crippen molar-refractivity contribution < 1.29 is 17.9 Å².